The summed E-state index contributed by atoms with van der Waals surface area (Å²) in [5, 5.41) is 7.82. The number of nitrogens with zero attached hydrogens (tertiary/aromatic N) is 6. The number of ether oxygens (including phenoxy) is 1. The van der Waals surface area contributed by atoms with Crippen molar-refractivity contribution in [2.45, 2.75) is 51.7 Å². The summed E-state index contributed by atoms with van der Waals surface area (Å²) >= 11 is -3.65. The van der Waals surface area contributed by atoms with Crippen LogP contribution in [-0.2, 0) is 22.6 Å². The van der Waals surface area contributed by atoms with Crippen LogP contribution in [-0.4, -0.2) is 69.5 Å². The number of aromatic nitrogens is 4. The molecule has 1 aliphatic heterocycles. The highest BCUT2D eigenvalue weighted by Crippen LogP contribution is 2.34. The van der Waals surface area contributed by atoms with Crippen molar-refractivity contribution >= 4 is 11.6 Å². The molecule has 0 spiro atoms. The third-order valence-corrected chi connectivity index (χ3v) is 5.87. The summed E-state index contributed by atoms with van der Waals surface area (Å²) in [4.78, 5) is 29.4. The number of hydrogen-bond acceptors (Lipinski definition) is 9. The monoisotopic (exact) mass is 543 g/mol. The number of hydrogen-bond donors (Lipinski definition) is 0. The highest BCUT2D eigenvalue weighted by atomic mass is 80.0. The number of aryl methyl sites for hydroxylation is 1. The van der Waals surface area contributed by atoms with Crippen molar-refractivity contribution < 1.29 is 36.9 Å². The molecule has 0 atom stereocenters. The van der Waals surface area contributed by atoms with Gasteiger partial charge in [-0.25, -0.2) is 4.79 Å². The minimum Gasteiger partial charge on any atom is -0.405 e. The Morgan fingerprint density at radius 3 is 2.18 bits per heavy atom. The number of tetrazole rings is 1. The fourth-order valence-corrected chi connectivity index (χ4v) is 4.19. The average molecular weight is 544 g/mol. The summed E-state index contributed by atoms with van der Waals surface area (Å²) in [5.41, 5.74) is 0.367. The van der Waals surface area contributed by atoms with E-state index in [0.717, 1.165) is 38.2 Å². The molecular weight excluding hydrogens is 512 g/mol. The molecule has 1 aromatic carbocycles. The van der Waals surface area contributed by atoms with Crippen molar-refractivity contribution in [2.75, 3.05) is 38.3 Å². The predicted octanol–water partition coefficient (Wildman–Crippen LogP) is -2.18. The summed E-state index contributed by atoms with van der Waals surface area (Å²) in [6, 6.07) is 9.85. The van der Waals surface area contributed by atoms with E-state index in [1.165, 1.54) is 9.36 Å². The van der Waals surface area contributed by atoms with Gasteiger partial charge in [-0.2, -0.15) is 9.36 Å². The zero-order chi connectivity index (χ0) is 25.1. The Morgan fingerprint density at radius 1 is 1.09 bits per heavy atom. The summed E-state index contributed by atoms with van der Waals surface area (Å²) < 4.78 is 33.9. The molecule has 3 rings (SSSR count). The van der Waals surface area contributed by atoms with Crippen molar-refractivity contribution in [3.63, 3.8) is 0 Å². The summed E-state index contributed by atoms with van der Waals surface area (Å²) in [5.74, 6) is 0.106. The van der Waals surface area contributed by atoms with Crippen LogP contribution in [0.25, 0.3) is 0 Å². The van der Waals surface area contributed by atoms with Gasteiger partial charge in [0, 0.05) is 45.4 Å². The van der Waals surface area contributed by atoms with Crippen LogP contribution < -0.4 is 23.2 Å². The molecule has 0 N–H and O–H groups in total. The van der Waals surface area contributed by atoms with E-state index in [-0.39, 0.29) is 17.1 Å². The maximum absolute atomic E-state index is 13.0. The molecule has 12 nitrogen and oxygen atoms in total. The number of rotatable bonds is 9. The Labute approximate surface area is 204 Å². The van der Waals surface area contributed by atoms with E-state index in [9.17, 15) is 9.59 Å². The van der Waals surface area contributed by atoms with Crippen LogP contribution >= 0.6 is 0 Å². The number of anilines is 1. The second kappa shape index (κ2) is 13.7. The number of halogens is 1. The van der Waals surface area contributed by atoms with Crippen LogP contribution in [0, 0.1) is 14.8 Å². The van der Waals surface area contributed by atoms with E-state index >= 15 is 0 Å². The number of benzene rings is 1. The lowest BCUT2D eigenvalue weighted by molar-refractivity contribution is -1.73. The van der Waals surface area contributed by atoms with Crippen molar-refractivity contribution in [1.29, 1.82) is 0 Å². The van der Waals surface area contributed by atoms with Crippen molar-refractivity contribution in [1.82, 2.24) is 24.7 Å². The number of methoxy groups -OCH3 is 1. The van der Waals surface area contributed by atoms with E-state index in [1.54, 1.807) is 7.11 Å². The highest BCUT2D eigenvalue weighted by molar-refractivity contribution is 5.94. The quantitative estimate of drug-likeness (QED) is 0.343. The van der Waals surface area contributed by atoms with Crippen molar-refractivity contribution in [3.8, 4) is 0 Å². The molecular formula is C21H32BrN6O6-. The molecule has 0 unspecified atom stereocenters. The lowest BCUT2D eigenvalue weighted by Crippen LogP contribution is -2.60. The van der Waals surface area contributed by atoms with E-state index < -0.39 is 14.8 Å². The van der Waals surface area contributed by atoms with Gasteiger partial charge in [-0.05, 0) is 42.3 Å². The van der Waals surface area contributed by atoms with Gasteiger partial charge in [-0.3, -0.25) is 4.79 Å². The van der Waals surface area contributed by atoms with Gasteiger partial charge in [0.15, 0.2) is 0 Å². The molecule has 0 bridgehead atoms. The van der Waals surface area contributed by atoms with Crippen LogP contribution in [0.3, 0.4) is 0 Å². The van der Waals surface area contributed by atoms with Gasteiger partial charge >= 0.3 is 5.69 Å². The van der Waals surface area contributed by atoms with Gasteiger partial charge in [0.1, 0.15) is 0 Å². The Kier molecular flexibility index (Phi) is 11.3. The van der Waals surface area contributed by atoms with Crippen LogP contribution in [0.4, 0.5) is 5.69 Å². The van der Waals surface area contributed by atoms with Crippen molar-refractivity contribution in [2.24, 2.45) is 0 Å². The summed E-state index contributed by atoms with van der Waals surface area (Å²) in [7, 11) is 1.69. The smallest absolute Gasteiger partial charge is 0.363 e. The Morgan fingerprint density at radius 2 is 1.68 bits per heavy atom. The number of carbonyl (C=O) groups is 1. The Bertz CT molecular complexity index is 927. The van der Waals surface area contributed by atoms with Crippen LogP contribution in [0.5, 0.6) is 0 Å². The van der Waals surface area contributed by atoms with E-state index in [4.69, 9.17) is 17.3 Å². The number of carbonyl (C=O) groups excluding carboxylic acids is 1. The zero-order valence-corrected chi connectivity index (χ0v) is 21.3. The fraction of sp³-hybridized carbons (Fsp3) is 0.619. The van der Waals surface area contributed by atoms with Gasteiger partial charge in [-0.1, -0.05) is 25.1 Å². The molecule has 13 heteroatoms. The average Bonchev–Trinajstić information content (AvgIpc) is 3.18. The number of likely N-dealkylation sites (tertiary alicyclic amines) is 1. The molecule has 1 amide bonds. The van der Waals surface area contributed by atoms with E-state index in [2.05, 4.69) is 15.3 Å². The SMILES string of the molecule is CCC(=O)N(c1ccccc1)C1(COC)CCN(CCn2nnn(CC)c2=O)CC1.[O-][Br+2]([O-])[O-]. The first kappa shape index (κ1) is 28.1. The Hall–Kier alpha value is -2.16. The molecule has 0 saturated carbocycles. The first-order chi connectivity index (χ1) is 16.3. The van der Waals surface area contributed by atoms with E-state index in [1.807, 2.05) is 49.1 Å². The highest BCUT2D eigenvalue weighted by Gasteiger charge is 2.42. The summed E-state index contributed by atoms with van der Waals surface area (Å²) in [6.45, 7) is 7.64. The lowest BCUT2D eigenvalue weighted by atomic mass is 9.85. The maximum atomic E-state index is 13.0. The van der Waals surface area contributed by atoms with Crippen LogP contribution in [0.1, 0.15) is 33.1 Å². The predicted molar refractivity (Wildman–Crippen MR) is 114 cm³/mol. The third-order valence-electron chi connectivity index (χ3n) is 5.87. The molecule has 0 aliphatic carbocycles. The van der Waals surface area contributed by atoms with Gasteiger partial charge in [0.25, 0.3) is 0 Å². The topological polar surface area (TPSA) is 155 Å². The molecule has 2 heterocycles. The van der Waals surface area contributed by atoms with Crippen molar-refractivity contribution in [3.05, 3.63) is 40.8 Å². The summed E-state index contributed by atoms with van der Waals surface area (Å²) in [6.07, 6.45) is 2.05. The molecule has 0 radical (unpaired) electrons. The minimum absolute atomic E-state index is 0.106. The number of amides is 1. The third kappa shape index (κ3) is 7.42. The van der Waals surface area contributed by atoms with Gasteiger partial charge in [-0.15, -0.1) is 0 Å². The molecule has 1 aliphatic rings. The largest absolute Gasteiger partial charge is 0.405 e. The lowest BCUT2D eigenvalue weighted by Gasteiger charge is -2.48. The normalized spacial score (nSPS) is 15.6. The zero-order valence-electron chi connectivity index (χ0n) is 19.8. The standard InChI is InChI=1S/C21H32N6O3.BrO3/c1-4-19(28)27(18-9-7-6-8-10-18)21(17-30-3)11-13-24(14-12-21)15-16-26-20(29)25(5-2)22-23-26;2-1(3)4/h6-10H,4-5,11-17H2,1-3H3;/q;-1. The fourth-order valence-electron chi connectivity index (χ4n) is 4.19. The maximum Gasteiger partial charge on any atom is 0.363 e. The van der Waals surface area contributed by atoms with Gasteiger partial charge in [0.2, 0.25) is 20.7 Å². The first-order valence-electron chi connectivity index (χ1n) is 11.1. The molecule has 1 fully saturated rings. The molecule has 34 heavy (non-hydrogen) atoms. The molecule has 2 aromatic rings. The molecule has 190 valence electrons. The van der Waals surface area contributed by atoms with Gasteiger partial charge < -0.3 is 27.1 Å². The minimum atomic E-state index is -3.65. The Balaban J connectivity index is 0.000000945. The van der Waals surface area contributed by atoms with E-state index in [0.29, 0.717) is 26.1 Å². The first-order valence-corrected chi connectivity index (χ1v) is 13.0. The molecule has 1 aromatic heterocycles. The van der Waals surface area contributed by atoms with Crippen LogP contribution in [0.2, 0.25) is 0 Å². The van der Waals surface area contributed by atoms with Crippen LogP contribution in [0.15, 0.2) is 35.1 Å². The second-order valence-electron chi connectivity index (χ2n) is 7.91. The van der Waals surface area contributed by atoms with Gasteiger partial charge in [0.05, 0.1) is 18.7 Å². The number of piperidine rings is 1. The molecule has 1 saturated heterocycles. The number of para-hydroxylation sites is 1. The second-order valence-corrected chi connectivity index (χ2v) is 8.70.